The van der Waals surface area contributed by atoms with Gasteiger partial charge in [-0.15, -0.1) is 11.3 Å². The van der Waals surface area contributed by atoms with E-state index in [0.717, 1.165) is 50.9 Å². The molecule has 4 heteroatoms. The zero-order valence-electron chi connectivity index (χ0n) is 31.3. The van der Waals surface area contributed by atoms with E-state index < -0.39 is 0 Å². The first kappa shape index (κ1) is 32.8. The Morgan fingerprint density at radius 1 is 0.397 bits per heavy atom. The quantitative estimate of drug-likeness (QED) is 0.168. The summed E-state index contributed by atoms with van der Waals surface area (Å²) >= 11 is 1.88. The van der Waals surface area contributed by atoms with Crippen molar-refractivity contribution in [3.05, 3.63) is 206 Å². The molecule has 0 unspecified atom stereocenters. The van der Waals surface area contributed by atoms with E-state index in [0.29, 0.717) is 0 Å². The van der Waals surface area contributed by atoms with Crippen molar-refractivity contribution >= 4 is 70.4 Å². The van der Waals surface area contributed by atoms with E-state index in [-0.39, 0.29) is 0 Å². The van der Waals surface area contributed by atoms with Gasteiger partial charge in [-0.05, 0) is 82.4 Å². The molecular formula is C54H34N2OS. The summed E-state index contributed by atoms with van der Waals surface area (Å²) in [6.07, 6.45) is 0. The first-order chi connectivity index (χ1) is 28.8. The second-order valence-corrected chi connectivity index (χ2v) is 15.9. The fourth-order valence-corrected chi connectivity index (χ4v) is 10.3. The van der Waals surface area contributed by atoms with E-state index in [9.17, 15) is 0 Å². The maximum absolute atomic E-state index is 6.82. The highest BCUT2D eigenvalue weighted by Crippen LogP contribution is 2.51. The Kier molecular flexibility index (Phi) is 7.40. The molecule has 272 valence electrons. The number of anilines is 3. The summed E-state index contributed by atoms with van der Waals surface area (Å²) in [4.78, 5) is 2.41. The molecule has 3 heterocycles. The van der Waals surface area contributed by atoms with Crippen molar-refractivity contribution < 1.29 is 4.74 Å². The Bertz CT molecular complexity index is 3350. The van der Waals surface area contributed by atoms with Gasteiger partial charge < -0.3 is 14.2 Å². The van der Waals surface area contributed by atoms with Crippen LogP contribution in [-0.2, 0) is 0 Å². The predicted molar refractivity (Wildman–Crippen MR) is 245 cm³/mol. The first-order valence-electron chi connectivity index (χ1n) is 19.7. The molecule has 58 heavy (non-hydrogen) atoms. The topological polar surface area (TPSA) is 17.4 Å². The van der Waals surface area contributed by atoms with Gasteiger partial charge in [0.2, 0.25) is 0 Å². The van der Waals surface area contributed by atoms with Crippen molar-refractivity contribution in [2.75, 3.05) is 4.90 Å². The molecule has 0 saturated carbocycles. The molecule has 12 rings (SSSR count). The normalized spacial score (nSPS) is 11.9. The van der Waals surface area contributed by atoms with Crippen molar-refractivity contribution in [3.63, 3.8) is 0 Å². The van der Waals surface area contributed by atoms with E-state index in [1.807, 2.05) is 17.4 Å². The summed E-state index contributed by atoms with van der Waals surface area (Å²) in [5.74, 6) is 1.75. The largest absolute Gasteiger partial charge is 0.452 e. The second kappa shape index (κ2) is 13.1. The summed E-state index contributed by atoms with van der Waals surface area (Å²) in [5.41, 5.74) is 13.7. The lowest BCUT2D eigenvalue weighted by atomic mass is 10.00. The van der Waals surface area contributed by atoms with Crippen molar-refractivity contribution in [1.29, 1.82) is 0 Å². The summed E-state index contributed by atoms with van der Waals surface area (Å²) in [6.45, 7) is 0. The molecule has 1 aliphatic heterocycles. The number of aromatic nitrogens is 1. The molecule has 9 aromatic carbocycles. The Balaban J connectivity index is 1.03. The summed E-state index contributed by atoms with van der Waals surface area (Å²) in [7, 11) is 0. The number of thiophene rings is 1. The van der Waals surface area contributed by atoms with E-state index in [4.69, 9.17) is 4.74 Å². The van der Waals surface area contributed by atoms with Crippen LogP contribution in [0.4, 0.5) is 17.1 Å². The predicted octanol–water partition coefficient (Wildman–Crippen LogP) is 15.7. The molecule has 0 saturated heterocycles. The number of benzene rings is 9. The van der Waals surface area contributed by atoms with Crippen molar-refractivity contribution in [2.45, 2.75) is 0 Å². The number of ether oxygens (including phenoxy) is 1. The monoisotopic (exact) mass is 758 g/mol. The minimum atomic E-state index is 0.860. The highest BCUT2D eigenvalue weighted by Gasteiger charge is 2.27. The Hall–Kier alpha value is -7.40. The number of hydrogen-bond donors (Lipinski definition) is 0. The van der Waals surface area contributed by atoms with E-state index in [1.54, 1.807) is 0 Å². The van der Waals surface area contributed by atoms with Crippen molar-refractivity contribution in [2.24, 2.45) is 0 Å². The number of hydrogen-bond acceptors (Lipinski definition) is 3. The van der Waals surface area contributed by atoms with E-state index in [1.165, 1.54) is 58.7 Å². The number of rotatable bonds is 6. The minimum absolute atomic E-state index is 0.860. The molecule has 11 aromatic rings. The van der Waals surface area contributed by atoms with Gasteiger partial charge in [-0.3, -0.25) is 0 Å². The summed E-state index contributed by atoms with van der Waals surface area (Å²) < 4.78 is 11.7. The minimum Gasteiger partial charge on any atom is -0.452 e. The van der Waals surface area contributed by atoms with Crippen LogP contribution < -0.4 is 9.64 Å². The molecule has 0 amide bonds. The van der Waals surface area contributed by atoms with Gasteiger partial charge in [0.05, 0.1) is 27.1 Å². The summed E-state index contributed by atoms with van der Waals surface area (Å²) in [6, 6.07) is 74.2. The van der Waals surface area contributed by atoms with E-state index in [2.05, 4.69) is 210 Å². The molecule has 0 fully saturated rings. The highest BCUT2D eigenvalue weighted by molar-refractivity contribution is 7.27. The lowest BCUT2D eigenvalue weighted by molar-refractivity contribution is 0.478. The molecular weight excluding hydrogens is 725 g/mol. The maximum Gasteiger partial charge on any atom is 0.160 e. The standard InChI is InChI=1S/C54H34N2OS/c1-3-13-35(14-4-1)36-25-29-39(30-26-36)55(49-23-12-20-46-45-19-11-18-42(53(45)58-54(46)49)37-15-5-2-6-16-37)40-31-27-38(28-32-40)41-33-34-44-43-17-7-8-21-47(43)56-48-22-9-10-24-50(48)57-52(41)51(44)56/h1-34H. The third-order valence-electron chi connectivity index (χ3n) is 11.6. The average Bonchev–Trinajstić information content (AvgIpc) is 3.85. The van der Waals surface area contributed by atoms with Crippen molar-refractivity contribution in [1.82, 2.24) is 4.57 Å². The molecule has 2 aromatic heterocycles. The van der Waals surface area contributed by atoms with Crippen LogP contribution in [0.2, 0.25) is 0 Å². The molecule has 1 aliphatic rings. The molecule has 0 atom stereocenters. The smallest absolute Gasteiger partial charge is 0.160 e. The fraction of sp³-hybridized carbons (Fsp3) is 0. The first-order valence-corrected chi connectivity index (χ1v) is 20.5. The molecule has 0 bridgehead atoms. The van der Waals surface area contributed by atoms with Crippen LogP contribution in [0.1, 0.15) is 0 Å². The molecule has 0 N–H and O–H groups in total. The van der Waals surface area contributed by atoms with Gasteiger partial charge in [-0.25, -0.2) is 0 Å². The van der Waals surface area contributed by atoms with Crippen LogP contribution in [-0.4, -0.2) is 4.57 Å². The zero-order valence-corrected chi connectivity index (χ0v) is 32.2. The third-order valence-corrected chi connectivity index (χ3v) is 12.9. The third kappa shape index (κ3) is 5.05. The summed E-state index contributed by atoms with van der Waals surface area (Å²) in [5, 5.41) is 4.96. The molecule has 0 aliphatic carbocycles. The molecule has 0 radical (unpaired) electrons. The van der Waals surface area contributed by atoms with E-state index >= 15 is 0 Å². The van der Waals surface area contributed by atoms with Gasteiger partial charge in [0.1, 0.15) is 0 Å². The van der Waals surface area contributed by atoms with Crippen LogP contribution in [0.15, 0.2) is 206 Å². The zero-order chi connectivity index (χ0) is 38.2. The van der Waals surface area contributed by atoms with Gasteiger partial charge in [-0.1, -0.05) is 152 Å². The lowest BCUT2D eigenvalue weighted by Crippen LogP contribution is -2.10. The van der Waals surface area contributed by atoms with Crippen LogP contribution in [0.3, 0.4) is 0 Å². The number of para-hydroxylation sites is 3. The van der Waals surface area contributed by atoms with Gasteiger partial charge >= 0.3 is 0 Å². The van der Waals surface area contributed by atoms with Gasteiger partial charge in [0, 0.05) is 43.2 Å². The fourth-order valence-electron chi connectivity index (χ4n) is 8.92. The SMILES string of the molecule is c1ccc(-c2ccc(N(c3ccc(-c4ccc5c6ccccc6n6c5c4Oc4ccccc4-6)cc3)c3cccc4c3sc3c(-c5ccccc5)cccc34)cc2)cc1. The Labute approximate surface area is 339 Å². The Morgan fingerprint density at radius 2 is 0.983 bits per heavy atom. The number of fused-ring (bicyclic) bond motifs is 8. The highest BCUT2D eigenvalue weighted by atomic mass is 32.1. The number of nitrogens with zero attached hydrogens (tertiary/aromatic N) is 2. The van der Waals surface area contributed by atoms with Crippen LogP contribution in [0.25, 0.3) is 81.0 Å². The maximum atomic E-state index is 6.82. The Morgan fingerprint density at radius 3 is 1.76 bits per heavy atom. The van der Waals surface area contributed by atoms with Gasteiger partial charge in [-0.2, -0.15) is 0 Å². The second-order valence-electron chi connectivity index (χ2n) is 14.9. The van der Waals surface area contributed by atoms with Crippen LogP contribution >= 0.6 is 11.3 Å². The molecule has 0 spiro atoms. The molecule has 3 nitrogen and oxygen atoms in total. The van der Waals surface area contributed by atoms with Crippen molar-refractivity contribution in [3.8, 4) is 50.6 Å². The lowest BCUT2D eigenvalue weighted by Gasteiger charge is -2.27. The van der Waals surface area contributed by atoms with Crippen LogP contribution in [0.5, 0.6) is 11.5 Å². The van der Waals surface area contributed by atoms with Crippen LogP contribution in [0, 0.1) is 0 Å². The van der Waals surface area contributed by atoms with Gasteiger partial charge in [0.15, 0.2) is 11.5 Å². The van der Waals surface area contributed by atoms with Gasteiger partial charge in [0.25, 0.3) is 0 Å². The average molecular weight is 759 g/mol.